The minimum Gasteiger partial charge on any atom is -0.496 e. The first kappa shape index (κ1) is 21.9. The van der Waals surface area contributed by atoms with E-state index in [4.69, 9.17) is 4.74 Å². The fourth-order valence-corrected chi connectivity index (χ4v) is 3.44. The number of rotatable bonds is 7. The van der Waals surface area contributed by atoms with Gasteiger partial charge in [0.05, 0.1) is 7.11 Å². The first-order chi connectivity index (χ1) is 14.0. The molecule has 0 saturated heterocycles. The first-order valence-electron chi connectivity index (χ1n) is 10.2. The largest absolute Gasteiger partial charge is 0.496 e. The van der Waals surface area contributed by atoms with E-state index in [0.29, 0.717) is 16.9 Å². The Morgan fingerprint density at radius 2 is 1.90 bits per heavy atom. The molecule has 0 radical (unpaired) electrons. The second-order valence-corrected chi connectivity index (χ2v) is 9.35. The molecule has 30 heavy (non-hydrogen) atoms. The van der Waals surface area contributed by atoms with Crippen molar-refractivity contribution in [1.29, 1.82) is 0 Å². The van der Waals surface area contributed by atoms with Gasteiger partial charge in [-0.25, -0.2) is 4.39 Å². The van der Waals surface area contributed by atoms with Crippen molar-refractivity contribution in [3.63, 3.8) is 0 Å². The maximum atomic E-state index is 14.7. The number of aromatic nitrogens is 1. The highest BCUT2D eigenvalue weighted by molar-refractivity contribution is 5.93. The Balaban J connectivity index is 1.72. The molecular formula is C24H29FN2O3. The molecule has 3 rings (SSSR count). The Hall–Kier alpha value is -2.76. The first-order valence-corrected chi connectivity index (χ1v) is 10.2. The maximum Gasteiger partial charge on any atom is 0.270 e. The van der Waals surface area contributed by atoms with Gasteiger partial charge in [-0.1, -0.05) is 6.92 Å². The molecule has 1 aromatic heterocycles. The average molecular weight is 413 g/mol. The van der Waals surface area contributed by atoms with Crippen molar-refractivity contribution in [2.75, 3.05) is 7.11 Å². The fourth-order valence-electron chi connectivity index (χ4n) is 3.44. The predicted octanol–water partition coefficient (Wildman–Crippen LogP) is 4.16. The average Bonchev–Trinajstić information content (AvgIpc) is 3.40. The number of benzene rings is 1. The third-order valence-electron chi connectivity index (χ3n) is 5.35. The Kier molecular flexibility index (Phi) is 5.97. The Labute approximate surface area is 177 Å². The number of halogens is 1. The van der Waals surface area contributed by atoms with E-state index in [-0.39, 0.29) is 47.0 Å². The van der Waals surface area contributed by atoms with Gasteiger partial charge in [0.2, 0.25) is 0 Å². The number of Topliss-reactive ketones (excluding diaryl/α,β-unsaturated/α-hetero) is 1. The number of carbonyl (C=O) groups is 2. The van der Waals surface area contributed by atoms with Crippen molar-refractivity contribution in [3.05, 3.63) is 58.7 Å². The van der Waals surface area contributed by atoms with Gasteiger partial charge in [-0.2, -0.15) is 0 Å². The number of methoxy groups -OCH3 is 1. The van der Waals surface area contributed by atoms with E-state index in [1.165, 1.54) is 12.3 Å². The summed E-state index contributed by atoms with van der Waals surface area (Å²) in [5.41, 5.74) is 1.70. The molecule has 1 N–H and O–H groups in total. The maximum absolute atomic E-state index is 14.7. The summed E-state index contributed by atoms with van der Waals surface area (Å²) in [4.78, 5) is 29.0. The monoisotopic (exact) mass is 412 g/mol. The van der Waals surface area contributed by atoms with Crippen LogP contribution in [0.1, 0.15) is 67.7 Å². The summed E-state index contributed by atoms with van der Waals surface area (Å²) in [6.45, 7) is 7.74. The van der Waals surface area contributed by atoms with Gasteiger partial charge < -0.3 is 10.1 Å². The summed E-state index contributed by atoms with van der Waals surface area (Å²) in [5.74, 6) is -0.192. The number of hydrogen-bond donors (Lipinski definition) is 1. The predicted molar refractivity (Wildman–Crippen MR) is 113 cm³/mol. The number of pyridine rings is 1. The van der Waals surface area contributed by atoms with Crippen molar-refractivity contribution >= 4 is 11.7 Å². The molecular weight excluding hydrogens is 383 g/mol. The van der Waals surface area contributed by atoms with Crippen molar-refractivity contribution in [1.82, 2.24) is 10.3 Å². The van der Waals surface area contributed by atoms with E-state index in [1.807, 2.05) is 20.8 Å². The van der Waals surface area contributed by atoms with Crippen LogP contribution in [0.15, 0.2) is 30.5 Å². The summed E-state index contributed by atoms with van der Waals surface area (Å²) in [6, 6.07) is 6.45. The third kappa shape index (κ3) is 5.23. The standard InChI is InChI=1S/C24H29FN2O3/c1-23(2,3)27-22(29)20-11-15(6-9-26-20)10-17(28)12-16-13-21(30-5)18(14-19(16)25)24(4)7-8-24/h6,9,11,13-14H,7-8,10,12H2,1-5H3,(H,27,29). The Bertz CT molecular complexity index is 975. The highest BCUT2D eigenvalue weighted by atomic mass is 19.1. The van der Waals surface area contributed by atoms with Crippen LogP contribution in [0, 0.1) is 5.82 Å². The van der Waals surface area contributed by atoms with Crippen LogP contribution in [-0.4, -0.2) is 29.3 Å². The quantitative estimate of drug-likeness (QED) is 0.741. The molecule has 0 unspecified atom stereocenters. The summed E-state index contributed by atoms with van der Waals surface area (Å²) < 4.78 is 20.1. The zero-order chi connectivity index (χ0) is 22.1. The Morgan fingerprint density at radius 1 is 1.20 bits per heavy atom. The highest BCUT2D eigenvalue weighted by Gasteiger charge is 2.41. The number of nitrogens with one attached hydrogen (secondary N) is 1. The SMILES string of the molecule is COc1cc(CC(=O)Cc2ccnc(C(=O)NC(C)(C)C)c2)c(F)cc1C1(C)CC1. The lowest BCUT2D eigenvalue weighted by Gasteiger charge is -2.20. The van der Waals surface area contributed by atoms with E-state index in [1.54, 1.807) is 25.3 Å². The summed E-state index contributed by atoms with van der Waals surface area (Å²) in [7, 11) is 1.56. The van der Waals surface area contributed by atoms with Gasteiger partial charge in [0.25, 0.3) is 5.91 Å². The number of ether oxygens (including phenoxy) is 1. The highest BCUT2D eigenvalue weighted by Crippen LogP contribution is 2.51. The zero-order valence-corrected chi connectivity index (χ0v) is 18.3. The molecule has 2 aromatic rings. The topological polar surface area (TPSA) is 68.3 Å². The molecule has 1 saturated carbocycles. The van der Waals surface area contributed by atoms with Crippen LogP contribution in [0.4, 0.5) is 4.39 Å². The van der Waals surface area contributed by atoms with Gasteiger partial charge in [0, 0.05) is 30.1 Å². The van der Waals surface area contributed by atoms with Crippen LogP contribution in [0.2, 0.25) is 0 Å². The minimum absolute atomic E-state index is 0.0320. The lowest BCUT2D eigenvalue weighted by Crippen LogP contribution is -2.40. The molecule has 6 heteroatoms. The van der Waals surface area contributed by atoms with Crippen molar-refractivity contribution in [2.24, 2.45) is 0 Å². The van der Waals surface area contributed by atoms with Gasteiger partial charge in [-0.3, -0.25) is 14.6 Å². The second kappa shape index (κ2) is 8.17. The zero-order valence-electron chi connectivity index (χ0n) is 18.3. The minimum atomic E-state index is -0.384. The molecule has 5 nitrogen and oxygen atoms in total. The summed E-state index contributed by atoms with van der Waals surface area (Å²) in [5, 5.41) is 2.85. The number of nitrogens with zero attached hydrogens (tertiary/aromatic N) is 1. The molecule has 1 aliphatic rings. The third-order valence-corrected chi connectivity index (χ3v) is 5.35. The van der Waals surface area contributed by atoms with E-state index >= 15 is 0 Å². The lowest BCUT2D eigenvalue weighted by molar-refractivity contribution is -0.117. The lowest BCUT2D eigenvalue weighted by atomic mass is 9.93. The molecule has 1 fully saturated rings. The molecule has 0 atom stereocenters. The molecule has 1 aromatic carbocycles. The molecule has 0 aliphatic heterocycles. The molecule has 0 bridgehead atoms. The van der Waals surface area contributed by atoms with Gasteiger partial charge in [0.15, 0.2) is 0 Å². The number of ketones is 1. The van der Waals surface area contributed by atoms with Crippen LogP contribution >= 0.6 is 0 Å². The molecule has 0 spiro atoms. The van der Waals surface area contributed by atoms with Crippen LogP contribution in [-0.2, 0) is 23.1 Å². The molecule has 1 heterocycles. The summed E-state index contributed by atoms with van der Waals surface area (Å²) >= 11 is 0. The van der Waals surface area contributed by atoms with Crippen molar-refractivity contribution < 1.29 is 18.7 Å². The van der Waals surface area contributed by atoms with Crippen LogP contribution < -0.4 is 10.1 Å². The normalized spacial score (nSPS) is 14.9. The van der Waals surface area contributed by atoms with E-state index in [9.17, 15) is 14.0 Å². The molecule has 160 valence electrons. The molecule has 1 aliphatic carbocycles. The number of amides is 1. The van der Waals surface area contributed by atoms with E-state index < -0.39 is 0 Å². The smallest absolute Gasteiger partial charge is 0.270 e. The van der Waals surface area contributed by atoms with E-state index in [2.05, 4.69) is 17.2 Å². The van der Waals surface area contributed by atoms with Gasteiger partial charge in [-0.05, 0) is 74.4 Å². The van der Waals surface area contributed by atoms with Crippen molar-refractivity contribution in [3.8, 4) is 5.75 Å². The summed E-state index contributed by atoms with van der Waals surface area (Å²) in [6.07, 6.45) is 3.59. The van der Waals surface area contributed by atoms with Crippen LogP contribution in [0.3, 0.4) is 0 Å². The fraction of sp³-hybridized carbons (Fsp3) is 0.458. The number of carbonyl (C=O) groups excluding carboxylic acids is 2. The van der Waals surface area contributed by atoms with Crippen LogP contribution in [0.25, 0.3) is 0 Å². The number of hydrogen-bond acceptors (Lipinski definition) is 4. The molecule has 1 amide bonds. The van der Waals surface area contributed by atoms with Crippen LogP contribution in [0.5, 0.6) is 5.75 Å². The van der Waals surface area contributed by atoms with Gasteiger partial charge in [-0.15, -0.1) is 0 Å². The van der Waals surface area contributed by atoms with E-state index in [0.717, 1.165) is 18.4 Å². The van der Waals surface area contributed by atoms with Crippen molar-refractivity contribution in [2.45, 2.75) is 64.3 Å². The van der Waals surface area contributed by atoms with Gasteiger partial charge >= 0.3 is 0 Å². The van der Waals surface area contributed by atoms with Gasteiger partial charge in [0.1, 0.15) is 23.0 Å². The second-order valence-electron chi connectivity index (χ2n) is 9.35. The Morgan fingerprint density at radius 3 is 2.50 bits per heavy atom.